The molecule has 7 nitrogen and oxygen atoms in total. The zero-order chi connectivity index (χ0) is 20.5. The Morgan fingerprint density at radius 2 is 1.57 bits per heavy atom. The number of benzene rings is 2. The second-order valence-electron chi connectivity index (χ2n) is 6.07. The van der Waals surface area contributed by atoms with Gasteiger partial charge in [0.05, 0.1) is 14.2 Å². The van der Waals surface area contributed by atoms with Crippen molar-refractivity contribution in [3.8, 4) is 17.2 Å². The van der Waals surface area contributed by atoms with Crippen molar-refractivity contribution in [2.24, 2.45) is 0 Å². The van der Waals surface area contributed by atoms with Crippen molar-refractivity contribution in [3.05, 3.63) is 54.1 Å². The van der Waals surface area contributed by atoms with Crippen LogP contribution in [0, 0.1) is 0 Å². The Morgan fingerprint density at radius 1 is 0.964 bits per heavy atom. The van der Waals surface area contributed by atoms with E-state index in [2.05, 4.69) is 5.32 Å². The van der Waals surface area contributed by atoms with Gasteiger partial charge in [-0.2, -0.15) is 0 Å². The van der Waals surface area contributed by atoms with E-state index in [9.17, 15) is 9.59 Å². The largest absolute Gasteiger partial charge is 0.497 e. The summed E-state index contributed by atoms with van der Waals surface area (Å²) in [5.41, 5.74) is 1.39. The molecule has 7 heteroatoms. The molecule has 2 aromatic carbocycles. The van der Waals surface area contributed by atoms with E-state index in [1.165, 1.54) is 11.0 Å². The third-order valence-electron chi connectivity index (χ3n) is 3.78. The maximum Gasteiger partial charge on any atom is 0.259 e. The van der Waals surface area contributed by atoms with Gasteiger partial charge in [0, 0.05) is 31.9 Å². The van der Waals surface area contributed by atoms with Crippen molar-refractivity contribution in [2.45, 2.75) is 0 Å². The SMILES string of the molecule is COc1cc(/C=C/C(=O)Nc2ccc(OCC(=O)N(C)C)cc2)cc(OC)c1. The van der Waals surface area contributed by atoms with Gasteiger partial charge in [-0.15, -0.1) is 0 Å². The number of ether oxygens (including phenoxy) is 3. The monoisotopic (exact) mass is 384 g/mol. The van der Waals surface area contributed by atoms with Crippen molar-refractivity contribution in [2.75, 3.05) is 40.2 Å². The number of carbonyl (C=O) groups excluding carboxylic acids is 2. The highest BCUT2D eigenvalue weighted by Crippen LogP contribution is 2.23. The molecule has 0 aliphatic rings. The highest BCUT2D eigenvalue weighted by molar-refractivity contribution is 6.02. The first-order chi connectivity index (χ1) is 13.4. The lowest BCUT2D eigenvalue weighted by atomic mass is 10.2. The number of amides is 2. The predicted molar refractivity (Wildman–Crippen MR) is 108 cm³/mol. The zero-order valence-corrected chi connectivity index (χ0v) is 16.4. The molecule has 0 spiro atoms. The van der Waals surface area contributed by atoms with Gasteiger partial charge >= 0.3 is 0 Å². The van der Waals surface area contributed by atoms with Crippen molar-refractivity contribution in [1.82, 2.24) is 4.90 Å². The molecule has 0 unspecified atom stereocenters. The Hall–Kier alpha value is -3.48. The van der Waals surface area contributed by atoms with Crippen LogP contribution >= 0.6 is 0 Å². The molecule has 0 saturated heterocycles. The van der Waals surface area contributed by atoms with Gasteiger partial charge in [-0.1, -0.05) is 0 Å². The molecule has 0 fully saturated rings. The molecule has 0 aromatic heterocycles. The van der Waals surface area contributed by atoms with Crippen LogP contribution in [-0.2, 0) is 9.59 Å². The number of rotatable bonds is 8. The molecule has 1 N–H and O–H groups in total. The third kappa shape index (κ3) is 6.35. The van der Waals surface area contributed by atoms with E-state index in [0.717, 1.165) is 5.56 Å². The van der Waals surface area contributed by atoms with Crippen molar-refractivity contribution in [3.63, 3.8) is 0 Å². The van der Waals surface area contributed by atoms with E-state index in [1.54, 1.807) is 76.9 Å². The highest BCUT2D eigenvalue weighted by Gasteiger charge is 2.05. The van der Waals surface area contributed by atoms with E-state index in [0.29, 0.717) is 22.9 Å². The van der Waals surface area contributed by atoms with Crippen molar-refractivity contribution in [1.29, 1.82) is 0 Å². The molecule has 148 valence electrons. The number of hydrogen-bond acceptors (Lipinski definition) is 5. The summed E-state index contributed by atoms with van der Waals surface area (Å²) in [6, 6.07) is 12.1. The van der Waals surface area contributed by atoms with Crippen LogP contribution in [0.25, 0.3) is 6.08 Å². The fourth-order valence-corrected chi connectivity index (χ4v) is 2.19. The zero-order valence-electron chi connectivity index (χ0n) is 16.4. The highest BCUT2D eigenvalue weighted by atomic mass is 16.5. The predicted octanol–water partition coefficient (Wildman–Crippen LogP) is 2.82. The minimum atomic E-state index is -0.279. The summed E-state index contributed by atoms with van der Waals surface area (Å²) < 4.78 is 15.8. The van der Waals surface area contributed by atoms with Gasteiger partial charge in [0.2, 0.25) is 5.91 Å². The Bertz CT molecular complexity index is 822. The van der Waals surface area contributed by atoms with Crippen LogP contribution in [0.3, 0.4) is 0 Å². The number of hydrogen-bond donors (Lipinski definition) is 1. The number of likely N-dealkylation sites (N-methyl/N-ethyl adjacent to an activating group) is 1. The summed E-state index contributed by atoms with van der Waals surface area (Å²) in [6.07, 6.45) is 3.10. The molecule has 0 heterocycles. The first kappa shape index (κ1) is 20.8. The number of anilines is 1. The molecule has 0 radical (unpaired) electrons. The molecule has 0 bridgehead atoms. The lowest BCUT2D eigenvalue weighted by Crippen LogP contribution is -2.27. The molecule has 2 rings (SSSR count). The van der Waals surface area contributed by atoms with E-state index in [-0.39, 0.29) is 18.4 Å². The van der Waals surface area contributed by atoms with Gasteiger partial charge in [0.15, 0.2) is 6.61 Å². The summed E-state index contributed by atoms with van der Waals surface area (Å²) >= 11 is 0. The first-order valence-corrected chi connectivity index (χ1v) is 8.56. The summed E-state index contributed by atoms with van der Waals surface area (Å²) in [5, 5.41) is 2.76. The van der Waals surface area contributed by atoms with Crippen LogP contribution in [0.4, 0.5) is 5.69 Å². The molecular formula is C21H24N2O5. The van der Waals surface area contributed by atoms with Gasteiger partial charge in [0.25, 0.3) is 5.91 Å². The lowest BCUT2D eigenvalue weighted by Gasteiger charge is -2.11. The second kappa shape index (κ2) is 10.0. The Balaban J connectivity index is 1.94. The summed E-state index contributed by atoms with van der Waals surface area (Å²) in [7, 11) is 6.47. The van der Waals surface area contributed by atoms with Gasteiger partial charge in [-0.3, -0.25) is 9.59 Å². The normalized spacial score (nSPS) is 10.4. The number of nitrogens with one attached hydrogen (secondary N) is 1. The third-order valence-corrected chi connectivity index (χ3v) is 3.78. The minimum Gasteiger partial charge on any atom is -0.497 e. The smallest absolute Gasteiger partial charge is 0.259 e. The van der Waals surface area contributed by atoms with E-state index < -0.39 is 0 Å². The summed E-state index contributed by atoms with van der Waals surface area (Å²) in [4.78, 5) is 25.1. The van der Waals surface area contributed by atoms with E-state index in [4.69, 9.17) is 14.2 Å². The second-order valence-corrected chi connectivity index (χ2v) is 6.07. The van der Waals surface area contributed by atoms with Gasteiger partial charge < -0.3 is 24.4 Å². The molecule has 0 aliphatic heterocycles. The Morgan fingerprint density at radius 3 is 2.11 bits per heavy atom. The van der Waals surface area contributed by atoms with Crippen LogP contribution < -0.4 is 19.5 Å². The maximum atomic E-state index is 12.1. The van der Waals surface area contributed by atoms with Crippen LogP contribution in [0.5, 0.6) is 17.2 Å². The number of nitrogens with zero attached hydrogens (tertiary/aromatic N) is 1. The molecular weight excluding hydrogens is 360 g/mol. The summed E-state index contributed by atoms with van der Waals surface area (Å²) in [5.74, 6) is 1.42. The van der Waals surface area contributed by atoms with Crippen LogP contribution in [0.15, 0.2) is 48.5 Å². The average molecular weight is 384 g/mol. The summed E-state index contributed by atoms with van der Waals surface area (Å²) in [6.45, 7) is -0.0363. The van der Waals surface area contributed by atoms with Gasteiger partial charge in [-0.05, 0) is 48.0 Å². The minimum absolute atomic E-state index is 0.0363. The molecule has 28 heavy (non-hydrogen) atoms. The van der Waals surface area contributed by atoms with Crippen LogP contribution in [0.2, 0.25) is 0 Å². The van der Waals surface area contributed by atoms with Crippen molar-refractivity contribution < 1.29 is 23.8 Å². The average Bonchev–Trinajstić information content (AvgIpc) is 2.71. The quantitative estimate of drug-likeness (QED) is 0.708. The van der Waals surface area contributed by atoms with Crippen LogP contribution in [0.1, 0.15) is 5.56 Å². The topological polar surface area (TPSA) is 77.1 Å². The van der Waals surface area contributed by atoms with E-state index in [1.807, 2.05) is 0 Å². The lowest BCUT2D eigenvalue weighted by molar-refractivity contribution is -0.130. The molecule has 0 atom stereocenters. The van der Waals surface area contributed by atoms with Crippen LogP contribution in [-0.4, -0.2) is 51.6 Å². The molecule has 0 saturated carbocycles. The fourth-order valence-electron chi connectivity index (χ4n) is 2.19. The standard InChI is InChI=1S/C21H24N2O5/c1-23(2)21(25)14-28-17-8-6-16(7-9-17)22-20(24)10-5-15-11-18(26-3)13-19(12-15)27-4/h5-13H,14H2,1-4H3,(H,22,24)/b10-5+. The molecule has 2 aromatic rings. The van der Waals surface area contributed by atoms with E-state index >= 15 is 0 Å². The molecule has 2 amide bonds. The van der Waals surface area contributed by atoms with Gasteiger partial charge in [-0.25, -0.2) is 0 Å². The Kier molecular flexibility index (Phi) is 7.45. The fraction of sp³-hybridized carbons (Fsp3) is 0.238. The molecule has 0 aliphatic carbocycles. The van der Waals surface area contributed by atoms with Crippen molar-refractivity contribution >= 4 is 23.6 Å². The number of carbonyl (C=O) groups is 2. The number of methoxy groups -OCH3 is 2. The maximum absolute atomic E-state index is 12.1. The van der Waals surface area contributed by atoms with Gasteiger partial charge in [0.1, 0.15) is 17.2 Å². The Labute approximate surface area is 164 Å². The first-order valence-electron chi connectivity index (χ1n) is 8.56.